The number of halogens is 2. The van der Waals surface area contributed by atoms with Crippen molar-refractivity contribution >= 4 is 39.8 Å². The Balaban J connectivity index is 1.53. The summed E-state index contributed by atoms with van der Waals surface area (Å²) < 4.78 is 14.4. The van der Waals surface area contributed by atoms with Gasteiger partial charge in [-0.25, -0.2) is 4.39 Å². The molecular formula is C16H13ClFN3S2. The van der Waals surface area contributed by atoms with Crippen molar-refractivity contribution in [3.8, 4) is 0 Å². The standard InChI is InChI=1S/C16H13ClFN3S2/c17-13-7-5-11(6-8-13)10-22-16-21-20-15(23-16)19-9-12-3-1-2-4-14(12)18/h1-8H,9-10H2,(H,19,20). The van der Waals surface area contributed by atoms with E-state index >= 15 is 0 Å². The van der Waals surface area contributed by atoms with E-state index in [0.717, 1.165) is 15.1 Å². The molecule has 7 heteroatoms. The maximum absolute atomic E-state index is 13.5. The van der Waals surface area contributed by atoms with Crippen molar-refractivity contribution in [1.29, 1.82) is 0 Å². The zero-order chi connectivity index (χ0) is 16.1. The van der Waals surface area contributed by atoms with E-state index in [1.54, 1.807) is 23.9 Å². The summed E-state index contributed by atoms with van der Waals surface area (Å²) >= 11 is 8.94. The molecule has 0 fully saturated rings. The van der Waals surface area contributed by atoms with E-state index in [4.69, 9.17) is 11.6 Å². The Hall–Kier alpha value is -1.63. The van der Waals surface area contributed by atoms with Gasteiger partial charge < -0.3 is 5.32 Å². The molecule has 118 valence electrons. The quantitative estimate of drug-likeness (QED) is 0.606. The number of benzene rings is 2. The van der Waals surface area contributed by atoms with Crippen LogP contribution in [-0.2, 0) is 12.3 Å². The van der Waals surface area contributed by atoms with Crippen LogP contribution < -0.4 is 5.32 Å². The van der Waals surface area contributed by atoms with E-state index in [1.807, 2.05) is 30.3 Å². The molecule has 0 atom stereocenters. The van der Waals surface area contributed by atoms with Crippen molar-refractivity contribution in [2.75, 3.05) is 5.32 Å². The van der Waals surface area contributed by atoms with Gasteiger partial charge in [0, 0.05) is 22.9 Å². The van der Waals surface area contributed by atoms with E-state index in [0.29, 0.717) is 17.2 Å². The molecule has 0 unspecified atom stereocenters. The molecule has 23 heavy (non-hydrogen) atoms. The largest absolute Gasteiger partial charge is 0.356 e. The highest BCUT2D eigenvalue weighted by Crippen LogP contribution is 2.28. The lowest BCUT2D eigenvalue weighted by Gasteiger charge is -2.03. The molecule has 0 amide bonds. The van der Waals surface area contributed by atoms with Crippen LogP contribution in [0.2, 0.25) is 5.02 Å². The first-order valence-corrected chi connectivity index (χ1v) is 9.07. The number of anilines is 1. The molecule has 1 aromatic heterocycles. The summed E-state index contributed by atoms with van der Waals surface area (Å²) in [5.74, 6) is 0.584. The van der Waals surface area contributed by atoms with Gasteiger partial charge in [-0.15, -0.1) is 10.2 Å². The average Bonchev–Trinajstić information content (AvgIpc) is 3.02. The van der Waals surface area contributed by atoms with Gasteiger partial charge in [0.15, 0.2) is 4.34 Å². The summed E-state index contributed by atoms with van der Waals surface area (Å²) in [6, 6.07) is 14.4. The van der Waals surface area contributed by atoms with E-state index in [9.17, 15) is 4.39 Å². The van der Waals surface area contributed by atoms with Crippen LogP contribution in [0.3, 0.4) is 0 Å². The predicted molar refractivity (Wildman–Crippen MR) is 94.6 cm³/mol. The van der Waals surface area contributed by atoms with E-state index in [2.05, 4.69) is 15.5 Å². The Morgan fingerprint density at radius 1 is 1.09 bits per heavy atom. The van der Waals surface area contributed by atoms with Crippen LogP contribution in [0.25, 0.3) is 0 Å². The average molecular weight is 366 g/mol. The highest BCUT2D eigenvalue weighted by molar-refractivity contribution is 8.00. The molecule has 0 bridgehead atoms. The Bertz CT molecular complexity index is 777. The van der Waals surface area contributed by atoms with Gasteiger partial charge >= 0.3 is 0 Å². The number of thioether (sulfide) groups is 1. The number of nitrogens with one attached hydrogen (secondary N) is 1. The van der Waals surface area contributed by atoms with Crippen LogP contribution in [0.15, 0.2) is 52.9 Å². The van der Waals surface area contributed by atoms with Gasteiger partial charge in [0.05, 0.1) is 0 Å². The fourth-order valence-electron chi connectivity index (χ4n) is 1.88. The highest BCUT2D eigenvalue weighted by Gasteiger charge is 2.06. The molecular weight excluding hydrogens is 353 g/mol. The second kappa shape index (κ2) is 7.77. The normalized spacial score (nSPS) is 10.7. The van der Waals surface area contributed by atoms with Gasteiger partial charge in [0.2, 0.25) is 5.13 Å². The van der Waals surface area contributed by atoms with Crippen LogP contribution >= 0.6 is 34.7 Å². The van der Waals surface area contributed by atoms with Gasteiger partial charge in [-0.2, -0.15) is 0 Å². The van der Waals surface area contributed by atoms with Crippen molar-refractivity contribution in [2.45, 2.75) is 16.6 Å². The first kappa shape index (κ1) is 16.2. The number of nitrogens with zero attached hydrogens (tertiary/aromatic N) is 2. The van der Waals surface area contributed by atoms with Gasteiger partial charge in [-0.05, 0) is 23.8 Å². The second-order valence-electron chi connectivity index (χ2n) is 4.73. The van der Waals surface area contributed by atoms with E-state index in [1.165, 1.54) is 23.0 Å². The lowest BCUT2D eigenvalue weighted by molar-refractivity contribution is 0.613. The third-order valence-corrected chi connectivity index (χ3v) is 5.41. The third kappa shape index (κ3) is 4.67. The molecule has 0 spiro atoms. The van der Waals surface area contributed by atoms with Crippen LogP contribution in [0.5, 0.6) is 0 Å². The van der Waals surface area contributed by atoms with Crippen molar-refractivity contribution in [3.05, 3.63) is 70.5 Å². The van der Waals surface area contributed by atoms with Crippen LogP contribution in [-0.4, -0.2) is 10.2 Å². The van der Waals surface area contributed by atoms with Crippen molar-refractivity contribution in [3.63, 3.8) is 0 Å². The van der Waals surface area contributed by atoms with Gasteiger partial charge in [0.25, 0.3) is 0 Å². The summed E-state index contributed by atoms with van der Waals surface area (Å²) in [5, 5.41) is 12.7. The fraction of sp³-hybridized carbons (Fsp3) is 0.125. The maximum atomic E-state index is 13.5. The van der Waals surface area contributed by atoms with E-state index in [-0.39, 0.29) is 5.82 Å². The molecule has 0 saturated carbocycles. The zero-order valence-electron chi connectivity index (χ0n) is 12.0. The van der Waals surface area contributed by atoms with Crippen LogP contribution in [0.4, 0.5) is 9.52 Å². The zero-order valence-corrected chi connectivity index (χ0v) is 14.4. The molecule has 3 rings (SSSR count). The first-order valence-electron chi connectivity index (χ1n) is 6.89. The molecule has 3 aromatic rings. The molecule has 0 aliphatic heterocycles. The first-order chi connectivity index (χ1) is 11.2. The number of aromatic nitrogens is 2. The summed E-state index contributed by atoms with van der Waals surface area (Å²) in [4.78, 5) is 0. The molecule has 3 nitrogen and oxygen atoms in total. The Morgan fingerprint density at radius 2 is 1.87 bits per heavy atom. The van der Waals surface area contributed by atoms with Gasteiger partial charge in [0.1, 0.15) is 5.82 Å². The van der Waals surface area contributed by atoms with Crippen molar-refractivity contribution < 1.29 is 4.39 Å². The maximum Gasteiger partial charge on any atom is 0.206 e. The Kier molecular flexibility index (Phi) is 5.48. The minimum absolute atomic E-state index is 0.221. The number of rotatable bonds is 6. The predicted octanol–water partition coefficient (Wildman–Crippen LogP) is 5.24. The lowest BCUT2D eigenvalue weighted by atomic mass is 10.2. The van der Waals surface area contributed by atoms with Crippen molar-refractivity contribution in [2.24, 2.45) is 0 Å². The summed E-state index contributed by atoms with van der Waals surface area (Å²) in [7, 11) is 0. The minimum atomic E-state index is -0.221. The Morgan fingerprint density at radius 3 is 2.65 bits per heavy atom. The minimum Gasteiger partial charge on any atom is -0.356 e. The lowest BCUT2D eigenvalue weighted by Crippen LogP contribution is -2.01. The molecule has 1 N–H and O–H groups in total. The van der Waals surface area contributed by atoms with Gasteiger partial charge in [-0.1, -0.05) is 65.0 Å². The van der Waals surface area contributed by atoms with Gasteiger partial charge in [-0.3, -0.25) is 0 Å². The Labute approximate surface area is 146 Å². The monoisotopic (exact) mass is 365 g/mol. The van der Waals surface area contributed by atoms with E-state index < -0.39 is 0 Å². The fourth-order valence-corrected chi connectivity index (χ4v) is 3.71. The molecule has 0 saturated heterocycles. The van der Waals surface area contributed by atoms with Crippen molar-refractivity contribution in [1.82, 2.24) is 10.2 Å². The second-order valence-corrected chi connectivity index (χ2v) is 7.37. The molecule has 0 aliphatic rings. The molecule has 1 heterocycles. The number of hydrogen-bond donors (Lipinski definition) is 1. The van der Waals surface area contributed by atoms with Crippen LogP contribution in [0.1, 0.15) is 11.1 Å². The van der Waals surface area contributed by atoms with Crippen LogP contribution in [0, 0.1) is 5.82 Å². The summed E-state index contributed by atoms with van der Waals surface area (Å²) in [6.45, 7) is 0.392. The molecule has 0 radical (unpaired) electrons. The highest BCUT2D eigenvalue weighted by atomic mass is 35.5. The third-order valence-electron chi connectivity index (χ3n) is 3.07. The molecule has 2 aromatic carbocycles. The SMILES string of the molecule is Fc1ccccc1CNc1nnc(SCc2ccc(Cl)cc2)s1. The topological polar surface area (TPSA) is 37.8 Å². The summed E-state index contributed by atoms with van der Waals surface area (Å²) in [6.07, 6.45) is 0. The smallest absolute Gasteiger partial charge is 0.206 e. The molecule has 0 aliphatic carbocycles. The summed E-state index contributed by atoms with van der Waals surface area (Å²) in [5.41, 5.74) is 1.79. The number of hydrogen-bond acceptors (Lipinski definition) is 5.